The molecule has 25 heavy (non-hydrogen) atoms. The molecule has 0 unspecified atom stereocenters. The second kappa shape index (κ2) is 9.52. The first-order valence-corrected chi connectivity index (χ1v) is 8.35. The monoisotopic (exact) mass is 340 g/mol. The Kier molecular flexibility index (Phi) is 7.08. The van der Waals surface area contributed by atoms with E-state index in [4.69, 9.17) is 14.2 Å². The third kappa shape index (κ3) is 5.38. The Labute approximate surface area is 149 Å². The molecule has 0 aromatic heterocycles. The number of rotatable bonds is 8. The molecule has 0 saturated heterocycles. The van der Waals surface area contributed by atoms with Gasteiger partial charge in [0, 0.05) is 6.08 Å². The van der Waals surface area contributed by atoms with Crippen LogP contribution < -0.4 is 9.47 Å². The summed E-state index contributed by atoms with van der Waals surface area (Å²) in [5, 5.41) is 0. The smallest absolute Gasteiger partial charge is 0.331 e. The van der Waals surface area contributed by atoms with Crippen molar-refractivity contribution in [2.45, 2.75) is 19.8 Å². The molecule has 2 rings (SSSR count). The molecule has 4 nitrogen and oxygen atoms in total. The van der Waals surface area contributed by atoms with Crippen molar-refractivity contribution in [3.05, 3.63) is 65.7 Å². The third-order valence-electron chi connectivity index (χ3n) is 3.81. The number of carbonyl (C=O) groups excluding carboxylic acids is 1. The maximum atomic E-state index is 12.2. The van der Waals surface area contributed by atoms with Gasteiger partial charge in [-0.3, -0.25) is 0 Å². The highest BCUT2D eigenvalue weighted by Crippen LogP contribution is 2.27. The Hall–Kier alpha value is -2.75. The van der Waals surface area contributed by atoms with E-state index in [1.165, 1.54) is 0 Å². The van der Waals surface area contributed by atoms with Crippen molar-refractivity contribution < 1.29 is 19.0 Å². The first-order valence-electron chi connectivity index (χ1n) is 8.35. The lowest BCUT2D eigenvalue weighted by atomic mass is 9.97. The van der Waals surface area contributed by atoms with E-state index in [1.807, 2.05) is 48.5 Å². The summed E-state index contributed by atoms with van der Waals surface area (Å²) in [6, 6.07) is 15.2. The maximum Gasteiger partial charge on any atom is 0.331 e. The topological polar surface area (TPSA) is 44.8 Å². The molecule has 0 bridgehead atoms. The molecule has 4 heteroatoms. The van der Waals surface area contributed by atoms with Crippen molar-refractivity contribution in [2.75, 3.05) is 20.8 Å². The minimum absolute atomic E-state index is 0.338. The van der Waals surface area contributed by atoms with Crippen molar-refractivity contribution in [3.8, 4) is 11.5 Å². The molecule has 0 saturated carbocycles. The summed E-state index contributed by atoms with van der Waals surface area (Å²) >= 11 is 0. The van der Waals surface area contributed by atoms with Gasteiger partial charge in [-0.1, -0.05) is 37.6 Å². The highest BCUT2D eigenvalue weighted by Gasteiger charge is 2.10. The van der Waals surface area contributed by atoms with Crippen LogP contribution in [0.3, 0.4) is 0 Å². The van der Waals surface area contributed by atoms with Crippen LogP contribution in [0.15, 0.2) is 54.6 Å². The Balaban J connectivity index is 2.33. The van der Waals surface area contributed by atoms with Gasteiger partial charge in [-0.05, 0) is 47.4 Å². The van der Waals surface area contributed by atoms with Gasteiger partial charge in [-0.25, -0.2) is 4.79 Å². The molecule has 0 heterocycles. The van der Waals surface area contributed by atoms with E-state index in [1.54, 1.807) is 20.3 Å². The number of hydrogen-bond acceptors (Lipinski definition) is 4. The summed E-state index contributed by atoms with van der Waals surface area (Å²) in [4.78, 5) is 12.2. The van der Waals surface area contributed by atoms with Gasteiger partial charge in [0.15, 0.2) is 0 Å². The van der Waals surface area contributed by atoms with Gasteiger partial charge in [0.2, 0.25) is 0 Å². The normalized spacial score (nSPS) is 10.0. The molecule has 0 N–H and O–H groups in total. The van der Waals surface area contributed by atoms with Crippen molar-refractivity contribution in [3.63, 3.8) is 0 Å². The van der Waals surface area contributed by atoms with Crippen molar-refractivity contribution in [2.24, 2.45) is 0 Å². The number of methoxy groups -OCH3 is 2. The molecular formula is C21H24O4. The zero-order valence-corrected chi connectivity index (χ0v) is 15.0. The Bertz CT molecular complexity index is 650. The third-order valence-corrected chi connectivity index (χ3v) is 3.81. The summed E-state index contributed by atoms with van der Waals surface area (Å²) in [5.41, 5.74) is 2.63. The fourth-order valence-corrected chi connectivity index (χ4v) is 2.35. The van der Waals surface area contributed by atoms with Gasteiger partial charge >= 0.3 is 5.97 Å². The predicted octanol–water partition coefficient (Wildman–Crippen LogP) is 4.48. The van der Waals surface area contributed by atoms with Crippen LogP contribution in [0.25, 0.3) is 5.57 Å². The first-order chi connectivity index (χ1) is 12.2. The van der Waals surface area contributed by atoms with Crippen LogP contribution in [0.5, 0.6) is 11.5 Å². The van der Waals surface area contributed by atoms with Crippen molar-refractivity contribution in [1.29, 1.82) is 0 Å². The van der Waals surface area contributed by atoms with Gasteiger partial charge in [-0.2, -0.15) is 0 Å². The molecule has 132 valence electrons. The van der Waals surface area contributed by atoms with E-state index >= 15 is 0 Å². The molecule has 0 aliphatic heterocycles. The quantitative estimate of drug-likeness (QED) is 0.404. The molecule has 0 radical (unpaired) electrons. The largest absolute Gasteiger partial charge is 0.497 e. The van der Waals surface area contributed by atoms with Crippen LogP contribution in [0, 0.1) is 0 Å². The summed E-state index contributed by atoms with van der Waals surface area (Å²) in [7, 11) is 3.25. The van der Waals surface area contributed by atoms with Crippen molar-refractivity contribution >= 4 is 11.5 Å². The summed E-state index contributed by atoms with van der Waals surface area (Å²) in [6.45, 7) is 2.49. The zero-order valence-electron chi connectivity index (χ0n) is 15.0. The second-order valence-corrected chi connectivity index (χ2v) is 5.54. The number of unbranched alkanes of at least 4 members (excludes halogenated alkanes) is 1. The van der Waals surface area contributed by atoms with E-state index < -0.39 is 0 Å². The molecule has 0 atom stereocenters. The summed E-state index contributed by atoms with van der Waals surface area (Å²) in [5.74, 6) is 1.20. The van der Waals surface area contributed by atoms with Crippen LogP contribution in [0.2, 0.25) is 0 Å². The fraction of sp³-hybridized carbons (Fsp3) is 0.286. The SMILES string of the molecule is CCCCOC(=O)C=C(c1ccc(OC)cc1)c1ccc(OC)cc1. The Morgan fingerprint density at radius 3 is 1.76 bits per heavy atom. The molecule has 2 aromatic rings. The average Bonchev–Trinajstić information content (AvgIpc) is 2.66. The predicted molar refractivity (Wildman–Crippen MR) is 98.9 cm³/mol. The Morgan fingerprint density at radius 2 is 1.36 bits per heavy atom. The van der Waals surface area contributed by atoms with Crippen LogP contribution in [0.1, 0.15) is 30.9 Å². The van der Waals surface area contributed by atoms with Gasteiger partial charge < -0.3 is 14.2 Å². The van der Waals surface area contributed by atoms with Gasteiger partial charge in [0.25, 0.3) is 0 Å². The number of hydrogen-bond donors (Lipinski definition) is 0. The van der Waals surface area contributed by atoms with E-state index in [9.17, 15) is 4.79 Å². The van der Waals surface area contributed by atoms with E-state index in [2.05, 4.69) is 6.92 Å². The van der Waals surface area contributed by atoms with Gasteiger partial charge in [0.1, 0.15) is 11.5 Å². The summed E-state index contributed by atoms with van der Waals surface area (Å²) < 4.78 is 15.7. The number of esters is 1. The van der Waals surface area contributed by atoms with Crippen LogP contribution in [0.4, 0.5) is 0 Å². The maximum absolute atomic E-state index is 12.2. The highest BCUT2D eigenvalue weighted by molar-refractivity contribution is 5.96. The molecule has 2 aromatic carbocycles. The highest BCUT2D eigenvalue weighted by atomic mass is 16.5. The second-order valence-electron chi connectivity index (χ2n) is 5.54. The molecule has 0 aliphatic carbocycles. The molecular weight excluding hydrogens is 316 g/mol. The number of ether oxygens (including phenoxy) is 3. The lowest BCUT2D eigenvalue weighted by molar-refractivity contribution is -0.137. The molecule has 0 fully saturated rings. The molecule has 0 spiro atoms. The molecule has 0 aliphatic rings. The minimum atomic E-state index is -0.338. The van der Waals surface area contributed by atoms with Crippen LogP contribution in [-0.2, 0) is 9.53 Å². The van der Waals surface area contributed by atoms with Gasteiger partial charge in [0.05, 0.1) is 20.8 Å². The van der Waals surface area contributed by atoms with Gasteiger partial charge in [-0.15, -0.1) is 0 Å². The first kappa shape index (κ1) is 18.6. The fourth-order valence-electron chi connectivity index (χ4n) is 2.35. The Morgan fingerprint density at radius 1 is 0.880 bits per heavy atom. The van der Waals surface area contributed by atoms with E-state index in [0.717, 1.165) is 41.0 Å². The summed E-state index contributed by atoms with van der Waals surface area (Å²) in [6.07, 6.45) is 3.39. The van der Waals surface area contributed by atoms with Crippen LogP contribution in [-0.4, -0.2) is 26.8 Å². The minimum Gasteiger partial charge on any atom is -0.497 e. The zero-order chi connectivity index (χ0) is 18.1. The van der Waals surface area contributed by atoms with E-state index in [-0.39, 0.29) is 5.97 Å². The molecule has 0 amide bonds. The van der Waals surface area contributed by atoms with E-state index in [0.29, 0.717) is 6.61 Å². The number of carbonyl (C=O) groups is 1. The lowest BCUT2D eigenvalue weighted by Gasteiger charge is -2.11. The lowest BCUT2D eigenvalue weighted by Crippen LogP contribution is -2.04. The standard InChI is InChI=1S/C21H24O4/c1-4-5-14-25-21(22)15-20(16-6-10-18(23-2)11-7-16)17-8-12-19(24-3)13-9-17/h6-13,15H,4-5,14H2,1-3H3. The van der Waals surface area contributed by atoms with Crippen molar-refractivity contribution in [1.82, 2.24) is 0 Å². The number of benzene rings is 2. The van der Waals surface area contributed by atoms with Crippen LogP contribution >= 0.6 is 0 Å². The average molecular weight is 340 g/mol.